The Morgan fingerprint density at radius 2 is 2.29 bits per heavy atom. The van der Waals surface area contributed by atoms with Crippen LogP contribution in [0.1, 0.15) is 10.5 Å². The first kappa shape index (κ1) is 11.1. The summed E-state index contributed by atoms with van der Waals surface area (Å²) in [6.07, 6.45) is 6.21. The van der Waals surface area contributed by atoms with Crippen LogP contribution in [0.4, 0.5) is 5.82 Å². The van der Waals surface area contributed by atoms with Crippen LogP contribution in [-0.4, -0.2) is 32.2 Å². The van der Waals surface area contributed by atoms with E-state index in [9.17, 15) is 4.79 Å². The molecule has 7 nitrogen and oxygen atoms in total. The van der Waals surface area contributed by atoms with Crippen LogP contribution in [0.3, 0.4) is 0 Å². The molecule has 2 aromatic rings. The fourth-order valence-electron chi connectivity index (χ4n) is 1.26. The summed E-state index contributed by atoms with van der Waals surface area (Å²) in [5.74, 6) is 0.0164. The normalized spacial score (nSPS) is 10.1. The van der Waals surface area contributed by atoms with Crippen molar-refractivity contribution in [1.29, 1.82) is 0 Å². The van der Waals surface area contributed by atoms with Crippen LogP contribution in [0.2, 0.25) is 0 Å². The number of anilines is 1. The van der Waals surface area contributed by atoms with Gasteiger partial charge in [0.2, 0.25) is 0 Å². The third-order valence-corrected chi connectivity index (χ3v) is 2.09. The van der Waals surface area contributed by atoms with Gasteiger partial charge in [-0.15, -0.1) is 0 Å². The molecule has 0 radical (unpaired) electrons. The minimum atomic E-state index is -0.273. The van der Waals surface area contributed by atoms with Crippen molar-refractivity contribution in [1.82, 2.24) is 25.1 Å². The number of rotatable bonds is 4. The number of aromatic nitrogens is 4. The highest BCUT2D eigenvalue weighted by Crippen LogP contribution is 1.95. The molecule has 17 heavy (non-hydrogen) atoms. The van der Waals surface area contributed by atoms with Gasteiger partial charge in [0.25, 0.3) is 5.91 Å². The Morgan fingerprint density at radius 3 is 2.94 bits per heavy atom. The van der Waals surface area contributed by atoms with Crippen molar-refractivity contribution in [3.8, 4) is 0 Å². The second-order valence-corrected chi connectivity index (χ2v) is 3.35. The molecule has 0 atom stereocenters. The van der Waals surface area contributed by atoms with Crippen LogP contribution in [0, 0.1) is 0 Å². The van der Waals surface area contributed by atoms with Gasteiger partial charge in [-0.25, -0.2) is 9.97 Å². The predicted octanol–water partition coefficient (Wildman–Crippen LogP) is -0.315. The molecule has 1 amide bonds. The van der Waals surface area contributed by atoms with Crippen LogP contribution in [0.25, 0.3) is 0 Å². The van der Waals surface area contributed by atoms with Crippen molar-refractivity contribution >= 4 is 11.7 Å². The molecule has 2 rings (SSSR count). The molecule has 0 aliphatic rings. The lowest BCUT2D eigenvalue weighted by Crippen LogP contribution is -2.28. The maximum atomic E-state index is 11.6. The number of carbonyl (C=O) groups is 1. The SMILES string of the molecule is Nc1cnc(C(=O)NCCn2cccn2)cn1. The van der Waals surface area contributed by atoms with Crippen molar-refractivity contribution in [2.45, 2.75) is 6.54 Å². The zero-order chi connectivity index (χ0) is 12.1. The largest absolute Gasteiger partial charge is 0.382 e. The van der Waals surface area contributed by atoms with E-state index in [0.717, 1.165) is 0 Å². The van der Waals surface area contributed by atoms with Gasteiger partial charge >= 0.3 is 0 Å². The van der Waals surface area contributed by atoms with E-state index in [-0.39, 0.29) is 17.4 Å². The number of nitrogens with two attached hydrogens (primary N) is 1. The standard InChI is InChI=1S/C10H12N6O/c11-9-7-13-8(6-14-9)10(17)12-3-5-16-4-1-2-15-16/h1-2,4,6-7H,3,5H2,(H2,11,14)(H,12,17). The second-order valence-electron chi connectivity index (χ2n) is 3.35. The van der Waals surface area contributed by atoms with Crippen molar-refractivity contribution in [2.75, 3.05) is 12.3 Å². The smallest absolute Gasteiger partial charge is 0.271 e. The van der Waals surface area contributed by atoms with E-state index in [1.54, 1.807) is 10.9 Å². The molecule has 0 saturated heterocycles. The third kappa shape index (κ3) is 3.00. The van der Waals surface area contributed by atoms with Gasteiger partial charge in [-0.2, -0.15) is 5.10 Å². The summed E-state index contributed by atoms with van der Waals surface area (Å²) in [5, 5.41) is 6.73. The number of nitrogens with zero attached hydrogens (tertiary/aromatic N) is 4. The Morgan fingerprint density at radius 1 is 1.41 bits per heavy atom. The molecule has 88 valence electrons. The summed E-state index contributed by atoms with van der Waals surface area (Å²) in [7, 11) is 0. The zero-order valence-electron chi connectivity index (χ0n) is 9.08. The Labute approximate surface area is 97.7 Å². The fourth-order valence-corrected chi connectivity index (χ4v) is 1.26. The molecule has 2 aromatic heterocycles. The van der Waals surface area contributed by atoms with Crippen LogP contribution in [-0.2, 0) is 6.54 Å². The Kier molecular flexibility index (Phi) is 3.29. The van der Waals surface area contributed by atoms with E-state index in [0.29, 0.717) is 13.1 Å². The summed E-state index contributed by atoms with van der Waals surface area (Å²) in [6, 6.07) is 1.83. The third-order valence-electron chi connectivity index (χ3n) is 2.09. The summed E-state index contributed by atoms with van der Waals surface area (Å²) in [6.45, 7) is 1.09. The molecule has 0 unspecified atom stereocenters. The van der Waals surface area contributed by atoms with Gasteiger partial charge in [0.05, 0.1) is 18.9 Å². The number of hydrogen-bond acceptors (Lipinski definition) is 5. The number of hydrogen-bond donors (Lipinski definition) is 2. The van der Waals surface area contributed by atoms with E-state index in [2.05, 4.69) is 20.4 Å². The van der Waals surface area contributed by atoms with Crippen LogP contribution < -0.4 is 11.1 Å². The first-order valence-corrected chi connectivity index (χ1v) is 5.09. The highest BCUT2D eigenvalue weighted by atomic mass is 16.1. The van der Waals surface area contributed by atoms with Crippen LogP contribution >= 0.6 is 0 Å². The Hall–Kier alpha value is -2.44. The Balaban J connectivity index is 1.83. The number of carbonyl (C=O) groups excluding carboxylic acids is 1. The maximum Gasteiger partial charge on any atom is 0.271 e. The van der Waals surface area contributed by atoms with Gasteiger partial charge in [-0.05, 0) is 6.07 Å². The number of nitrogen functional groups attached to an aromatic ring is 1. The lowest BCUT2D eigenvalue weighted by atomic mass is 10.4. The monoisotopic (exact) mass is 232 g/mol. The quantitative estimate of drug-likeness (QED) is 0.753. The number of amides is 1. The molecule has 0 spiro atoms. The minimum Gasteiger partial charge on any atom is -0.382 e. The predicted molar refractivity (Wildman–Crippen MR) is 61.0 cm³/mol. The van der Waals surface area contributed by atoms with Crippen molar-refractivity contribution in [2.24, 2.45) is 0 Å². The molecule has 0 aliphatic carbocycles. The first-order chi connectivity index (χ1) is 8.25. The van der Waals surface area contributed by atoms with Gasteiger partial charge in [0.15, 0.2) is 0 Å². The molecule has 7 heteroatoms. The second kappa shape index (κ2) is 5.06. The average molecular weight is 232 g/mol. The summed E-state index contributed by atoms with van der Waals surface area (Å²) in [4.78, 5) is 19.3. The highest BCUT2D eigenvalue weighted by molar-refractivity contribution is 5.91. The van der Waals surface area contributed by atoms with Gasteiger partial charge in [-0.1, -0.05) is 0 Å². The summed E-state index contributed by atoms with van der Waals surface area (Å²) < 4.78 is 1.73. The van der Waals surface area contributed by atoms with Crippen LogP contribution in [0.5, 0.6) is 0 Å². The minimum absolute atomic E-state index is 0.250. The molecule has 0 aromatic carbocycles. The van der Waals surface area contributed by atoms with Crippen molar-refractivity contribution in [3.63, 3.8) is 0 Å². The molecule has 2 heterocycles. The van der Waals surface area contributed by atoms with Gasteiger partial charge in [0, 0.05) is 18.9 Å². The van der Waals surface area contributed by atoms with Gasteiger partial charge in [-0.3, -0.25) is 9.48 Å². The molecule has 0 fully saturated rings. The van der Waals surface area contributed by atoms with Gasteiger partial charge in [0.1, 0.15) is 11.5 Å². The van der Waals surface area contributed by atoms with E-state index in [4.69, 9.17) is 5.73 Å². The van der Waals surface area contributed by atoms with Crippen LogP contribution in [0.15, 0.2) is 30.9 Å². The topological polar surface area (TPSA) is 98.7 Å². The number of nitrogens with one attached hydrogen (secondary N) is 1. The highest BCUT2D eigenvalue weighted by Gasteiger charge is 2.06. The van der Waals surface area contributed by atoms with Crippen molar-refractivity contribution in [3.05, 3.63) is 36.5 Å². The average Bonchev–Trinajstić information content (AvgIpc) is 2.83. The molecular formula is C10H12N6O. The maximum absolute atomic E-state index is 11.6. The van der Waals surface area contributed by atoms with E-state index >= 15 is 0 Å². The molecule has 0 bridgehead atoms. The van der Waals surface area contributed by atoms with E-state index < -0.39 is 0 Å². The summed E-state index contributed by atoms with van der Waals surface area (Å²) >= 11 is 0. The molecule has 3 N–H and O–H groups in total. The van der Waals surface area contributed by atoms with E-state index in [1.807, 2.05) is 12.3 Å². The first-order valence-electron chi connectivity index (χ1n) is 5.09. The lowest BCUT2D eigenvalue weighted by Gasteiger charge is -2.04. The molecule has 0 saturated carbocycles. The summed E-state index contributed by atoms with van der Waals surface area (Å²) in [5.41, 5.74) is 5.62. The molecular weight excluding hydrogens is 220 g/mol. The van der Waals surface area contributed by atoms with E-state index in [1.165, 1.54) is 12.4 Å². The molecule has 0 aliphatic heterocycles. The lowest BCUT2D eigenvalue weighted by molar-refractivity contribution is 0.0946. The van der Waals surface area contributed by atoms with Gasteiger partial charge < -0.3 is 11.1 Å². The fraction of sp³-hybridized carbons (Fsp3) is 0.200. The zero-order valence-corrected chi connectivity index (χ0v) is 9.08. The Bertz CT molecular complexity index is 478. The van der Waals surface area contributed by atoms with Crippen molar-refractivity contribution < 1.29 is 4.79 Å².